The number of ether oxygens (including phenoxy) is 1. The highest BCUT2D eigenvalue weighted by Gasteiger charge is 2.57. The van der Waals surface area contributed by atoms with Crippen molar-refractivity contribution in [2.45, 2.75) is 29.7 Å². The van der Waals surface area contributed by atoms with Gasteiger partial charge in [0.05, 0.1) is 21.6 Å². The summed E-state index contributed by atoms with van der Waals surface area (Å²) in [4.78, 5) is 55.5. The first kappa shape index (κ1) is 26.3. The highest BCUT2D eigenvalue weighted by Crippen LogP contribution is 2.55. The number of fused-ring (bicyclic) bond motifs is 2. The Morgan fingerprint density at radius 1 is 1.05 bits per heavy atom. The normalized spacial score (nSPS) is 19.9. The van der Waals surface area contributed by atoms with E-state index >= 15 is 0 Å². The second-order valence-electron chi connectivity index (χ2n) is 9.50. The number of nitro groups is 1. The maximum Gasteiger partial charge on any atom is 0.305 e. The maximum absolute atomic E-state index is 14.0. The molecule has 2 aliphatic heterocycles. The average Bonchev–Trinajstić information content (AvgIpc) is 3.42. The van der Waals surface area contributed by atoms with Crippen LogP contribution < -0.4 is 14.5 Å². The minimum Gasteiger partial charge on any atom is -0.489 e. The zero-order chi connectivity index (χ0) is 28.1. The average molecular weight is 594 g/mol. The lowest BCUT2D eigenvalue weighted by molar-refractivity contribution is -0.385. The number of H-pyrrole nitrogens is 1. The Hall–Kier alpha value is -3.93. The van der Waals surface area contributed by atoms with Gasteiger partial charge in [-0.1, -0.05) is 64.5 Å². The summed E-state index contributed by atoms with van der Waals surface area (Å²) in [7, 11) is 0. The number of nitrogens with one attached hydrogen (secondary N) is 1. The van der Waals surface area contributed by atoms with Crippen molar-refractivity contribution in [1.29, 1.82) is 0 Å². The number of aryl methyl sites for hydroxylation is 1. The molecule has 12 heteroatoms. The third-order valence-corrected chi connectivity index (χ3v) is 9.58. The lowest BCUT2D eigenvalue weighted by Crippen LogP contribution is -2.32. The minimum atomic E-state index is -0.921. The van der Waals surface area contributed by atoms with Crippen LogP contribution in [0.5, 0.6) is 5.75 Å². The predicted molar refractivity (Wildman–Crippen MR) is 152 cm³/mol. The molecule has 6 rings (SSSR count). The fraction of sp³-hybridized carbons (Fsp3) is 0.179. The van der Waals surface area contributed by atoms with Gasteiger partial charge < -0.3 is 9.72 Å². The van der Waals surface area contributed by atoms with Gasteiger partial charge in [-0.25, -0.2) is 4.90 Å². The summed E-state index contributed by atoms with van der Waals surface area (Å²) in [6.45, 7) is 2.15. The number of carbonyl (C=O) groups is 2. The third kappa shape index (κ3) is 4.59. The van der Waals surface area contributed by atoms with Crippen molar-refractivity contribution in [3.63, 3.8) is 0 Å². The van der Waals surface area contributed by atoms with Gasteiger partial charge in [0.25, 0.3) is 5.69 Å². The lowest BCUT2D eigenvalue weighted by atomic mass is 9.82. The Balaban J connectivity index is 1.48. The molecule has 0 aliphatic carbocycles. The van der Waals surface area contributed by atoms with E-state index in [9.17, 15) is 24.5 Å². The Morgan fingerprint density at radius 3 is 2.55 bits per heavy atom. The van der Waals surface area contributed by atoms with Gasteiger partial charge >= 0.3 is 4.87 Å². The molecule has 1 aromatic heterocycles. The number of halogens is 1. The number of carbonyl (C=O) groups excluding carboxylic acids is 2. The SMILES string of the molecule is Cc1cccc(COc2ccc([N+](=O)[O-])cc2[C@H]2c3sc(=O)[nH]c3SC3C(=O)N(c4ccc(Cl)cc4)C(=O)C32)c1. The molecule has 1 saturated heterocycles. The van der Waals surface area contributed by atoms with Crippen molar-refractivity contribution >= 4 is 57.9 Å². The van der Waals surface area contributed by atoms with E-state index in [0.29, 0.717) is 31.9 Å². The van der Waals surface area contributed by atoms with Crippen molar-refractivity contribution in [3.05, 3.63) is 113 Å². The van der Waals surface area contributed by atoms with E-state index < -0.39 is 33.8 Å². The molecule has 40 heavy (non-hydrogen) atoms. The molecule has 3 heterocycles. The Kier molecular flexibility index (Phi) is 6.73. The molecular formula is C28H20ClN3O6S2. The lowest BCUT2D eigenvalue weighted by Gasteiger charge is -2.30. The molecule has 9 nitrogen and oxygen atoms in total. The van der Waals surface area contributed by atoms with Crippen LogP contribution in [0.2, 0.25) is 5.02 Å². The highest BCUT2D eigenvalue weighted by atomic mass is 35.5. The van der Waals surface area contributed by atoms with Crippen molar-refractivity contribution < 1.29 is 19.2 Å². The molecule has 0 radical (unpaired) electrons. The van der Waals surface area contributed by atoms with E-state index in [0.717, 1.165) is 39.1 Å². The first-order chi connectivity index (χ1) is 19.2. The fourth-order valence-corrected chi connectivity index (χ4v) is 7.82. The second kappa shape index (κ2) is 10.2. The molecule has 3 atom stereocenters. The number of hydrogen-bond donors (Lipinski definition) is 1. The molecule has 2 unspecified atom stereocenters. The van der Waals surface area contributed by atoms with Gasteiger partial charge in [0.15, 0.2) is 0 Å². The smallest absolute Gasteiger partial charge is 0.305 e. The van der Waals surface area contributed by atoms with Crippen molar-refractivity contribution in [1.82, 2.24) is 4.98 Å². The van der Waals surface area contributed by atoms with Gasteiger partial charge in [-0.15, -0.1) is 0 Å². The van der Waals surface area contributed by atoms with Gasteiger partial charge in [0.2, 0.25) is 11.8 Å². The highest BCUT2D eigenvalue weighted by molar-refractivity contribution is 8.00. The van der Waals surface area contributed by atoms with E-state index in [2.05, 4.69) is 4.98 Å². The number of thioether (sulfide) groups is 1. The summed E-state index contributed by atoms with van der Waals surface area (Å²) in [5.74, 6) is -2.31. The third-order valence-electron chi connectivity index (χ3n) is 6.92. The molecule has 4 aromatic rings. The van der Waals surface area contributed by atoms with Crippen LogP contribution in [0.15, 0.2) is 76.6 Å². The van der Waals surface area contributed by atoms with Crippen LogP contribution >= 0.6 is 34.7 Å². The Bertz CT molecular complexity index is 1730. The number of hydrogen-bond acceptors (Lipinski definition) is 8. The number of rotatable bonds is 6. The van der Waals surface area contributed by atoms with Crippen LogP contribution in [0.1, 0.15) is 27.5 Å². The minimum absolute atomic E-state index is 0.183. The fourth-order valence-electron chi connectivity index (χ4n) is 5.18. The van der Waals surface area contributed by atoms with Gasteiger partial charge in [-0.2, -0.15) is 0 Å². The van der Waals surface area contributed by atoms with Gasteiger partial charge in [0.1, 0.15) is 17.6 Å². The summed E-state index contributed by atoms with van der Waals surface area (Å²) in [6, 6.07) is 18.3. The van der Waals surface area contributed by atoms with Crippen LogP contribution in [0, 0.1) is 23.0 Å². The van der Waals surface area contributed by atoms with Gasteiger partial charge in [-0.05, 0) is 42.8 Å². The molecule has 0 bridgehead atoms. The maximum atomic E-state index is 14.0. The number of non-ortho nitro benzene ring substituents is 1. The van der Waals surface area contributed by atoms with Crippen molar-refractivity contribution in [2.75, 3.05) is 4.90 Å². The summed E-state index contributed by atoms with van der Waals surface area (Å²) >= 11 is 8.08. The molecule has 2 aliphatic rings. The number of imide groups is 1. The number of nitro benzene ring substituents is 1. The number of amides is 2. The molecule has 1 fully saturated rings. The van der Waals surface area contributed by atoms with Crippen LogP contribution in [-0.4, -0.2) is 27.0 Å². The van der Waals surface area contributed by atoms with Crippen LogP contribution in [0.3, 0.4) is 0 Å². The number of nitrogens with zero attached hydrogens (tertiary/aromatic N) is 2. The Morgan fingerprint density at radius 2 is 1.82 bits per heavy atom. The monoisotopic (exact) mass is 593 g/mol. The Labute approximate surface area is 240 Å². The molecule has 0 spiro atoms. The molecule has 0 saturated carbocycles. The van der Waals surface area contributed by atoms with Gasteiger partial charge in [-0.3, -0.25) is 24.5 Å². The number of thiazole rings is 1. The number of aromatic amines is 1. The second-order valence-corrected chi connectivity index (χ2v) is 12.1. The summed E-state index contributed by atoms with van der Waals surface area (Å²) < 4.78 is 6.19. The van der Waals surface area contributed by atoms with Crippen LogP contribution in [0.4, 0.5) is 11.4 Å². The van der Waals surface area contributed by atoms with E-state index in [-0.39, 0.29) is 17.2 Å². The topological polar surface area (TPSA) is 123 Å². The van der Waals surface area contributed by atoms with Crippen molar-refractivity contribution in [2.24, 2.45) is 5.92 Å². The standard InChI is InChI=1S/C28H20ClN3O6S2/c1-14-3-2-4-15(11-14)13-38-20-10-9-18(32(36)37)12-19(20)21-22-24(39-25-23(21)40-28(35)30-25)27(34)31(26(22)33)17-7-5-16(29)6-8-17/h2-12,21-22,24H,13H2,1H3,(H,30,35)/t21-,22?,24?/m1/s1. The van der Waals surface area contributed by atoms with E-state index in [4.69, 9.17) is 16.3 Å². The summed E-state index contributed by atoms with van der Waals surface area (Å²) in [5.41, 5.74) is 2.50. The molecule has 3 aromatic carbocycles. The first-order valence-corrected chi connectivity index (χ1v) is 14.3. The molecular weight excluding hydrogens is 574 g/mol. The zero-order valence-electron chi connectivity index (χ0n) is 20.8. The number of anilines is 1. The predicted octanol–water partition coefficient (Wildman–Crippen LogP) is 5.68. The van der Waals surface area contributed by atoms with E-state index in [1.54, 1.807) is 24.3 Å². The number of aromatic nitrogens is 1. The first-order valence-electron chi connectivity index (χ1n) is 12.2. The number of benzene rings is 3. The van der Waals surface area contributed by atoms with Crippen LogP contribution in [-0.2, 0) is 16.2 Å². The summed E-state index contributed by atoms with van der Waals surface area (Å²) in [6.07, 6.45) is 0. The van der Waals surface area contributed by atoms with E-state index in [1.807, 2.05) is 31.2 Å². The van der Waals surface area contributed by atoms with E-state index in [1.165, 1.54) is 18.2 Å². The van der Waals surface area contributed by atoms with Gasteiger partial charge in [0, 0.05) is 33.5 Å². The largest absolute Gasteiger partial charge is 0.489 e. The quantitative estimate of drug-likeness (QED) is 0.173. The zero-order valence-corrected chi connectivity index (χ0v) is 23.2. The molecule has 1 N–H and O–H groups in total. The summed E-state index contributed by atoms with van der Waals surface area (Å²) in [5, 5.41) is 11.9. The molecule has 2 amide bonds. The molecule has 202 valence electrons. The van der Waals surface area contributed by atoms with Crippen LogP contribution in [0.25, 0.3) is 0 Å². The van der Waals surface area contributed by atoms with Crippen molar-refractivity contribution in [3.8, 4) is 5.75 Å².